The van der Waals surface area contributed by atoms with Crippen LogP contribution in [0.25, 0.3) is 9.88 Å². The second-order valence-electron chi connectivity index (χ2n) is 5.91. The van der Waals surface area contributed by atoms with E-state index in [1.165, 1.54) is 24.5 Å². The average molecular weight is 424 g/mol. The van der Waals surface area contributed by atoms with E-state index in [-0.39, 0.29) is 23.8 Å². The van der Waals surface area contributed by atoms with E-state index >= 15 is 0 Å². The van der Waals surface area contributed by atoms with Crippen LogP contribution in [-0.4, -0.2) is 36.6 Å². The fourth-order valence-corrected chi connectivity index (χ4v) is 4.19. The molecular formula is C19H18F2N2O3S2. The molecule has 1 amide bonds. The maximum atomic E-state index is 12.5. The Morgan fingerprint density at radius 1 is 1.25 bits per heavy atom. The van der Waals surface area contributed by atoms with Gasteiger partial charge in [-0.05, 0) is 29.1 Å². The number of likely N-dealkylation sites (N-methyl/N-ethyl adjacent to an activating group) is 1. The summed E-state index contributed by atoms with van der Waals surface area (Å²) in [6, 6.07) is 8.58. The first kappa shape index (κ1) is 20.2. The molecule has 0 saturated heterocycles. The number of benzene rings is 1. The Morgan fingerprint density at radius 2 is 2.07 bits per heavy atom. The highest BCUT2D eigenvalue weighted by molar-refractivity contribution is 7.20. The zero-order valence-electron chi connectivity index (χ0n) is 15.2. The van der Waals surface area contributed by atoms with Gasteiger partial charge in [-0.2, -0.15) is 8.78 Å². The SMILES string of the molecule is COc1cc(CN(C)C(=O)Cc2csc(-c3cccs3)n2)ccc1OC(F)F. The fraction of sp³-hybridized carbons (Fsp3) is 0.263. The maximum Gasteiger partial charge on any atom is 0.387 e. The summed E-state index contributed by atoms with van der Waals surface area (Å²) < 4.78 is 34.3. The van der Waals surface area contributed by atoms with Crippen molar-refractivity contribution >= 4 is 28.6 Å². The summed E-state index contributed by atoms with van der Waals surface area (Å²) in [5.41, 5.74) is 1.47. The van der Waals surface area contributed by atoms with Crippen molar-refractivity contribution in [1.29, 1.82) is 0 Å². The van der Waals surface area contributed by atoms with Crippen LogP contribution in [0.5, 0.6) is 11.5 Å². The maximum absolute atomic E-state index is 12.5. The lowest BCUT2D eigenvalue weighted by Gasteiger charge is -2.18. The highest BCUT2D eigenvalue weighted by atomic mass is 32.1. The summed E-state index contributed by atoms with van der Waals surface area (Å²) in [5, 5.41) is 4.78. The number of aromatic nitrogens is 1. The Hall–Kier alpha value is -2.52. The second kappa shape index (κ2) is 9.11. The van der Waals surface area contributed by atoms with E-state index in [1.54, 1.807) is 35.4 Å². The topological polar surface area (TPSA) is 51.7 Å². The zero-order valence-corrected chi connectivity index (χ0v) is 16.9. The van der Waals surface area contributed by atoms with Gasteiger partial charge in [-0.25, -0.2) is 4.98 Å². The quantitative estimate of drug-likeness (QED) is 0.527. The van der Waals surface area contributed by atoms with Crippen molar-refractivity contribution < 1.29 is 23.0 Å². The van der Waals surface area contributed by atoms with Crippen molar-refractivity contribution in [1.82, 2.24) is 9.88 Å². The number of thiazole rings is 1. The Balaban J connectivity index is 1.62. The van der Waals surface area contributed by atoms with Crippen LogP contribution in [0.1, 0.15) is 11.3 Å². The molecule has 0 aliphatic carbocycles. The second-order valence-corrected chi connectivity index (χ2v) is 7.72. The first-order valence-corrected chi connectivity index (χ1v) is 10.1. The van der Waals surface area contributed by atoms with Gasteiger partial charge in [0, 0.05) is 19.0 Å². The summed E-state index contributed by atoms with van der Waals surface area (Å²) >= 11 is 3.12. The normalized spacial score (nSPS) is 10.9. The highest BCUT2D eigenvalue weighted by Gasteiger charge is 2.16. The van der Waals surface area contributed by atoms with Crippen molar-refractivity contribution in [2.24, 2.45) is 0 Å². The third-order valence-electron chi connectivity index (χ3n) is 3.91. The van der Waals surface area contributed by atoms with E-state index in [9.17, 15) is 13.6 Å². The minimum atomic E-state index is -2.93. The van der Waals surface area contributed by atoms with E-state index in [4.69, 9.17) is 4.74 Å². The number of methoxy groups -OCH3 is 1. The van der Waals surface area contributed by atoms with Crippen molar-refractivity contribution in [3.63, 3.8) is 0 Å². The third-order valence-corrected chi connectivity index (χ3v) is 5.84. The van der Waals surface area contributed by atoms with Crippen LogP contribution < -0.4 is 9.47 Å². The Bertz CT molecular complexity index is 929. The lowest BCUT2D eigenvalue weighted by molar-refractivity contribution is -0.129. The molecule has 9 heteroatoms. The van der Waals surface area contributed by atoms with E-state index in [1.807, 2.05) is 22.9 Å². The van der Waals surface area contributed by atoms with Crippen LogP contribution in [0.4, 0.5) is 8.78 Å². The molecule has 0 N–H and O–H groups in total. The lowest BCUT2D eigenvalue weighted by atomic mass is 10.2. The number of carbonyl (C=O) groups excluding carboxylic acids is 1. The number of ether oxygens (including phenoxy) is 2. The number of hydrogen-bond acceptors (Lipinski definition) is 6. The van der Waals surface area contributed by atoms with Gasteiger partial charge in [-0.1, -0.05) is 12.1 Å². The monoisotopic (exact) mass is 424 g/mol. The Kier molecular flexibility index (Phi) is 6.58. The summed E-state index contributed by atoms with van der Waals surface area (Å²) in [4.78, 5) is 19.7. The number of amides is 1. The van der Waals surface area contributed by atoms with Crippen LogP contribution in [0.15, 0.2) is 41.1 Å². The summed E-state index contributed by atoms with van der Waals surface area (Å²) in [7, 11) is 3.06. The number of nitrogens with zero attached hydrogens (tertiary/aromatic N) is 2. The van der Waals surface area contributed by atoms with E-state index < -0.39 is 6.61 Å². The first-order valence-electron chi connectivity index (χ1n) is 8.30. The van der Waals surface area contributed by atoms with Crippen LogP contribution in [0, 0.1) is 0 Å². The molecule has 0 spiro atoms. The molecule has 2 heterocycles. The summed E-state index contributed by atoms with van der Waals surface area (Å²) in [5.74, 6) is 0.0625. The average Bonchev–Trinajstić information content (AvgIpc) is 3.34. The van der Waals surface area contributed by atoms with Gasteiger partial charge >= 0.3 is 6.61 Å². The minimum Gasteiger partial charge on any atom is -0.493 e. The molecule has 0 radical (unpaired) electrons. The number of hydrogen-bond donors (Lipinski definition) is 0. The molecule has 0 unspecified atom stereocenters. The molecule has 0 saturated carbocycles. The first-order chi connectivity index (χ1) is 13.5. The number of alkyl halides is 2. The van der Waals surface area contributed by atoms with Crippen LogP contribution in [-0.2, 0) is 17.8 Å². The number of halogens is 2. The molecular weight excluding hydrogens is 406 g/mol. The minimum absolute atomic E-state index is 0.0428. The van der Waals surface area contributed by atoms with Crippen LogP contribution in [0.3, 0.4) is 0 Å². The molecule has 2 aromatic heterocycles. The predicted octanol–water partition coefficient (Wildman–Crippen LogP) is 4.68. The third kappa shape index (κ3) is 5.05. The molecule has 0 aliphatic rings. The molecule has 3 aromatic rings. The van der Waals surface area contributed by atoms with Gasteiger partial charge in [0.2, 0.25) is 5.91 Å². The molecule has 3 rings (SSSR count). The van der Waals surface area contributed by atoms with Gasteiger partial charge in [-0.3, -0.25) is 4.79 Å². The molecule has 0 fully saturated rings. The molecule has 0 aliphatic heterocycles. The van der Waals surface area contributed by atoms with Gasteiger partial charge < -0.3 is 14.4 Å². The summed E-state index contributed by atoms with van der Waals surface area (Å²) in [6.07, 6.45) is 0.197. The van der Waals surface area contributed by atoms with Crippen molar-refractivity contribution in [3.8, 4) is 21.4 Å². The van der Waals surface area contributed by atoms with E-state index in [0.717, 1.165) is 21.1 Å². The van der Waals surface area contributed by atoms with E-state index in [2.05, 4.69) is 9.72 Å². The zero-order chi connectivity index (χ0) is 20.1. The van der Waals surface area contributed by atoms with Gasteiger partial charge in [0.15, 0.2) is 11.5 Å². The highest BCUT2D eigenvalue weighted by Crippen LogP contribution is 2.30. The number of thiophene rings is 1. The molecule has 0 bridgehead atoms. The fourth-order valence-electron chi connectivity index (χ4n) is 2.56. The largest absolute Gasteiger partial charge is 0.493 e. The van der Waals surface area contributed by atoms with Gasteiger partial charge in [0.25, 0.3) is 0 Å². The van der Waals surface area contributed by atoms with Crippen LogP contribution in [0.2, 0.25) is 0 Å². The Morgan fingerprint density at radius 3 is 2.75 bits per heavy atom. The predicted molar refractivity (Wildman–Crippen MR) is 105 cm³/mol. The molecule has 148 valence electrons. The summed E-state index contributed by atoms with van der Waals surface area (Å²) in [6.45, 7) is -2.62. The number of carbonyl (C=O) groups is 1. The van der Waals surface area contributed by atoms with Gasteiger partial charge in [-0.15, -0.1) is 22.7 Å². The van der Waals surface area contributed by atoms with Gasteiger partial charge in [0.1, 0.15) is 5.01 Å². The van der Waals surface area contributed by atoms with Crippen molar-refractivity contribution in [3.05, 3.63) is 52.3 Å². The van der Waals surface area contributed by atoms with Crippen LogP contribution >= 0.6 is 22.7 Å². The Labute approximate surface area is 169 Å². The number of rotatable bonds is 8. The van der Waals surface area contributed by atoms with Gasteiger partial charge in [0.05, 0.1) is 24.1 Å². The smallest absolute Gasteiger partial charge is 0.387 e. The molecule has 28 heavy (non-hydrogen) atoms. The molecule has 5 nitrogen and oxygen atoms in total. The standard InChI is InChI=1S/C19H18F2N2O3S2/c1-23(10-12-5-6-14(26-19(20)21)15(8-12)25-2)17(24)9-13-11-28-18(22-13)16-4-3-7-27-16/h3-8,11,19H,9-10H2,1-2H3. The van der Waals surface area contributed by atoms with Crippen molar-refractivity contribution in [2.45, 2.75) is 19.6 Å². The lowest BCUT2D eigenvalue weighted by Crippen LogP contribution is -2.27. The van der Waals surface area contributed by atoms with Crippen molar-refractivity contribution in [2.75, 3.05) is 14.2 Å². The molecule has 1 aromatic carbocycles. The van der Waals surface area contributed by atoms with E-state index in [0.29, 0.717) is 6.54 Å². The molecule has 0 atom stereocenters.